The summed E-state index contributed by atoms with van der Waals surface area (Å²) in [4.78, 5) is 27.2. The van der Waals surface area contributed by atoms with E-state index in [-0.39, 0.29) is 25.0 Å². The second-order valence-corrected chi connectivity index (χ2v) is 7.13. The third-order valence-electron chi connectivity index (χ3n) is 4.93. The molecule has 7 nitrogen and oxygen atoms in total. The quantitative estimate of drug-likeness (QED) is 0.524. The predicted octanol–water partition coefficient (Wildman–Crippen LogP) is 3.42. The summed E-state index contributed by atoms with van der Waals surface area (Å²) in [5.74, 6) is 1.27. The molecule has 0 unspecified atom stereocenters. The van der Waals surface area contributed by atoms with Crippen LogP contribution in [-0.4, -0.2) is 50.1 Å². The zero-order valence-corrected chi connectivity index (χ0v) is 18.7. The van der Waals surface area contributed by atoms with Crippen molar-refractivity contribution in [3.63, 3.8) is 0 Å². The summed E-state index contributed by atoms with van der Waals surface area (Å²) in [6.07, 6.45) is 1.87. The van der Waals surface area contributed by atoms with E-state index in [2.05, 4.69) is 12.2 Å². The number of rotatable bonds is 12. The molecule has 0 fully saturated rings. The summed E-state index contributed by atoms with van der Waals surface area (Å²) >= 11 is 0. The van der Waals surface area contributed by atoms with Crippen molar-refractivity contribution < 1.29 is 23.8 Å². The molecule has 0 spiro atoms. The van der Waals surface area contributed by atoms with Gasteiger partial charge in [0, 0.05) is 13.1 Å². The van der Waals surface area contributed by atoms with Crippen molar-refractivity contribution in [2.75, 3.05) is 27.4 Å². The molecule has 0 bridgehead atoms. The highest BCUT2D eigenvalue weighted by molar-refractivity contribution is 5.88. The number of nitrogens with zero attached hydrogens (tertiary/aromatic N) is 1. The van der Waals surface area contributed by atoms with E-state index in [0.29, 0.717) is 18.0 Å². The Labute approximate surface area is 184 Å². The maximum atomic E-state index is 13.1. The Morgan fingerprint density at radius 3 is 2.29 bits per heavy atom. The number of hydrogen-bond donors (Lipinski definition) is 1. The number of unbranched alkanes of at least 4 members (excludes halogenated alkanes) is 1. The molecule has 1 atom stereocenters. The van der Waals surface area contributed by atoms with Crippen LogP contribution in [0.15, 0.2) is 48.5 Å². The second kappa shape index (κ2) is 12.5. The van der Waals surface area contributed by atoms with E-state index >= 15 is 0 Å². The number of benzene rings is 2. The van der Waals surface area contributed by atoms with Crippen LogP contribution in [0, 0.1) is 0 Å². The Hall–Kier alpha value is -3.22. The standard InChI is InChI=1S/C24H32N2O5/c1-5-6-15-25-24(28)18(2)26(16-19-11-13-20(29-3)14-12-19)23(27)17-31-22-10-8-7-9-21(22)30-4/h7-14,18H,5-6,15-17H2,1-4H3,(H,25,28)/t18-/m0/s1. The van der Waals surface area contributed by atoms with Gasteiger partial charge in [0.15, 0.2) is 18.1 Å². The van der Waals surface area contributed by atoms with Gasteiger partial charge >= 0.3 is 0 Å². The van der Waals surface area contributed by atoms with E-state index < -0.39 is 6.04 Å². The molecule has 2 amide bonds. The summed E-state index contributed by atoms with van der Waals surface area (Å²) in [6.45, 7) is 4.45. The first kappa shape index (κ1) is 24.1. The van der Waals surface area contributed by atoms with E-state index in [1.165, 1.54) is 4.90 Å². The van der Waals surface area contributed by atoms with Crippen LogP contribution in [0.1, 0.15) is 32.3 Å². The highest BCUT2D eigenvalue weighted by atomic mass is 16.5. The number of nitrogens with one attached hydrogen (secondary N) is 1. The zero-order chi connectivity index (χ0) is 22.6. The molecule has 0 aliphatic heterocycles. The minimum absolute atomic E-state index is 0.187. The molecule has 0 heterocycles. The van der Waals surface area contributed by atoms with Crippen molar-refractivity contribution in [1.82, 2.24) is 10.2 Å². The highest BCUT2D eigenvalue weighted by Gasteiger charge is 2.26. The van der Waals surface area contributed by atoms with Gasteiger partial charge in [-0.25, -0.2) is 0 Å². The molecule has 0 aliphatic rings. The van der Waals surface area contributed by atoms with Gasteiger partial charge in [0.1, 0.15) is 11.8 Å². The summed E-state index contributed by atoms with van der Waals surface area (Å²) in [5.41, 5.74) is 0.889. The zero-order valence-electron chi connectivity index (χ0n) is 18.7. The molecule has 1 N–H and O–H groups in total. The fourth-order valence-corrected chi connectivity index (χ4v) is 3.01. The van der Waals surface area contributed by atoms with Gasteiger partial charge in [-0.1, -0.05) is 37.6 Å². The number of amides is 2. The van der Waals surface area contributed by atoms with Gasteiger partial charge in [-0.3, -0.25) is 9.59 Å². The monoisotopic (exact) mass is 428 g/mol. The fraction of sp³-hybridized carbons (Fsp3) is 0.417. The predicted molar refractivity (Wildman–Crippen MR) is 119 cm³/mol. The molecule has 31 heavy (non-hydrogen) atoms. The van der Waals surface area contributed by atoms with Crippen molar-refractivity contribution in [2.24, 2.45) is 0 Å². The summed E-state index contributed by atoms with van der Waals surface area (Å²) in [7, 11) is 3.14. The number of hydrogen-bond acceptors (Lipinski definition) is 5. The van der Waals surface area contributed by atoms with Gasteiger partial charge in [-0.15, -0.1) is 0 Å². The maximum Gasteiger partial charge on any atom is 0.261 e. The van der Waals surface area contributed by atoms with E-state index in [1.54, 1.807) is 39.3 Å². The lowest BCUT2D eigenvalue weighted by Crippen LogP contribution is -2.49. The number of carbonyl (C=O) groups excluding carboxylic acids is 2. The van der Waals surface area contributed by atoms with Crippen LogP contribution in [0.3, 0.4) is 0 Å². The first-order chi connectivity index (χ1) is 15.0. The lowest BCUT2D eigenvalue weighted by molar-refractivity contribution is -0.142. The fourth-order valence-electron chi connectivity index (χ4n) is 3.01. The molecule has 2 aromatic rings. The molecule has 2 aromatic carbocycles. The van der Waals surface area contributed by atoms with Crippen LogP contribution in [0.25, 0.3) is 0 Å². The minimum Gasteiger partial charge on any atom is -0.497 e. The summed E-state index contributed by atoms with van der Waals surface area (Å²) < 4.78 is 16.2. The minimum atomic E-state index is -0.646. The van der Waals surface area contributed by atoms with Gasteiger partial charge in [0.25, 0.3) is 5.91 Å². The molecule has 0 aromatic heterocycles. The lowest BCUT2D eigenvalue weighted by atomic mass is 10.1. The van der Waals surface area contributed by atoms with Gasteiger partial charge in [-0.2, -0.15) is 0 Å². The van der Waals surface area contributed by atoms with Crippen LogP contribution in [-0.2, 0) is 16.1 Å². The van der Waals surface area contributed by atoms with Gasteiger partial charge < -0.3 is 24.4 Å². The summed E-state index contributed by atoms with van der Waals surface area (Å²) in [6, 6.07) is 13.9. The third kappa shape index (κ3) is 7.20. The molecule has 168 valence electrons. The van der Waals surface area contributed by atoms with Crippen molar-refractivity contribution in [1.29, 1.82) is 0 Å². The van der Waals surface area contributed by atoms with E-state index in [1.807, 2.05) is 30.3 Å². The third-order valence-corrected chi connectivity index (χ3v) is 4.93. The smallest absolute Gasteiger partial charge is 0.261 e. The van der Waals surface area contributed by atoms with Crippen molar-refractivity contribution >= 4 is 11.8 Å². The normalized spacial score (nSPS) is 11.4. The van der Waals surface area contributed by atoms with Gasteiger partial charge in [0.05, 0.1) is 14.2 Å². The second-order valence-electron chi connectivity index (χ2n) is 7.13. The van der Waals surface area contributed by atoms with E-state index in [9.17, 15) is 9.59 Å². The Morgan fingerprint density at radius 1 is 1.00 bits per heavy atom. The first-order valence-corrected chi connectivity index (χ1v) is 10.5. The number of methoxy groups -OCH3 is 2. The highest BCUT2D eigenvalue weighted by Crippen LogP contribution is 2.26. The van der Waals surface area contributed by atoms with Gasteiger partial charge in [-0.05, 0) is 43.2 Å². The first-order valence-electron chi connectivity index (χ1n) is 10.5. The molecule has 2 rings (SSSR count). The summed E-state index contributed by atoms with van der Waals surface area (Å²) in [5, 5.41) is 2.90. The van der Waals surface area contributed by atoms with Crippen molar-refractivity contribution in [3.8, 4) is 17.2 Å². The van der Waals surface area contributed by atoms with Crippen LogP contribution >= 0.6 is 0 Å². The molecule has 0 aliphatic carbocycles. The topological polar surface area (TPSA) is 77.1 Å². The lowest BCUT2D eigenvalue weighted by Gasteiger charge is -2.29. The average Bonchev–Trinajstić information content (AvgIpc) is 2.81. The van der Waals surface area contributed by atoms with Crippen molar-refractivity contribution in [2.45, 2.75) is 39.3 Å². The Bertz CT molecular complexity index is 838. The molecular formula is C24H32N2O5. The maximum absolute atomic E-state index is 13.1. The molecule has 0 saturated carbocycles. The largest absolute Gasteiger partial charge is 0.497 e. The molecular weight excluding hydrogens is 396 g/mol. The Balaban J connectivity index is 2.14. The van der Waals surface area contributed by atoms with Crippen LogP contribution in [0.2, 0.25) is 0 Å². The van der Waals surface area contributed by atoms with E-state index in [4.69, 9.17) is 14.2 Å². The van der Waals surface area contributed by atoms with Crippen molar-refractivity contribution in [3.05, 3.63) is 54.1 Å². The van der Waals surface area contributed by atoms with E-state index in [0.717, 1.165) is 24.2 Å². The molecule has 0 radical (unpaired) electrons. The Kier molecular flexibility index (Phi) is 9.68. The van der Waals surface area contributed by atoms with Crippen LogP contribution in [0.5, 0.6) is 17.2 Å². The Morgan fingerprint density at radius 2 is 1.68 bits per heavy atom. The average molecular weight is 429 g/mol. The SMILES string of the molecule is CCCCNC(=O)[C@H](C)N(Cc1ccc(OC)cc1)C(=O)COc1ccccc1OC. The number of carbonyl (C=O) groups is 2. The molecule has 7 heteroatoms. The number of ether oxygens (including phenoxy) is 3. The van der Waals surface area contributed by atoms with Gasteiger partial charge in [0.2, 0.25) is 5.91 Å². The van der Waals surface area contributed by atoms with Crippen LogP contribution < -0.4 is 19.5 Å². The number of para-hydroxylation sites is 2. The van der Waals surface area contributed by atoms with Crippen LogP contribution in [0.4, 0.5) is 0 Å². The molecule has 0 saturated heterocycles.